The van der Waals surface area contributed by atoms with Gasteiger partial charge in [-0.25, -0.2) is 0 Å². The zero-order chi connectivity index (χ0) is 13.7. The van der Waals surface area contributed by atoms with Crippen LogP contribution in [0.5, 0.6) is 0 Å². The fraction of sp³-hybridized carbons (Fsp3) is 0.400. The zero-order valence-corrected chi connectivity index (χ0v) is 11.2. The molecule has 0 bridgehead atoms. The molecule has 0 atom stereocenters. The van der Waals surface area contributed by atoms with E-state index in [2.05, 4.69) is 11.5 Å². The summed E-state index contributed by atoms with van der Waals surface area (Å²) in [6, 6.07) is 7.57. The van der Waals surface area contributed by atoms with Crippen LogP contribution >= 0.6 is 0 Å². The Morgan fingerprint density at radius 1 is 1.37 bits per heavy atom. The van der Waals surface area contributed by atoms with Crippen LogP contribution in [0, 0.1) is 0 Å². The van der Waals surface area contributed by atoms with Crippen LogP contribution < -0.4 is 4.90 Å². The number of anilines is 1. The molecule has 0 aliphatic carbocycles. The first kappa shape index (κ1) is 13.6. The van der Waals surface area contributed by atoms with Crippen LogP contribution in [0.25, 0.3) is 0 Å². The molecule has 1 aliphatic heterocycles. The predicted octanol–water partition coefficient (Wildman–Crippen LogP) is 2.26. The average molecular weight is 261 g/mol. The summed E-state index contributed by atoms with van der Waals surface area (Å²) in [4.78, 5) is 14.5. The molecule has 0 spiro atoms. The molecule has 0 saturated carbocycles. The number of Topliss-reactive ketones (excluding diaryl/α,β-unsaturated/α-hetero) is 1. The normalized spacial score (nSPS) is 15.1. The first-order chi connectivity index (χ1) is 9.24. The quantitative estimate of drug-likeness (QED) is 0.463. The van der Waals surface area contributed by atoms with Gasteiger partial charge in [-0.3, -0.25) is 4.79 Å². The fourth-order valence-corrected chi connectivity index (χ4v) is 2.14. The van der Waals surface area contributed by atoms with Gasteiger partial charge in [-0.1, -0.05) is 18.7 Å². The van der Waals surface area contributed by atoms with Crippen LogP contribution in [0.2, 0.25) is 0 Å². The monoisotopic (exact) mass is 261 g/mol. The van der Waals surface area contributed by atoms with Crippen molar-refractivity contribution in [2.24, 2.45) is 0 Å². The second-order valence-corrected chi connectivity index (χ2v) is 4.30. The maximum Gasteiger partial charge on any atom is 0.228 e. The van der Waals surface area contributed by atoms with Crippen molar-refractivity contribution in [3.8, 4) is 0 Å². The highest BCUT2D eigenvalue weighted by molar-refractivity contribution is 6.10. The molecular formula is C15H19NO3. The molecule has 0 amide bonds. The molecule has 1 saturated heterocycles. The van der Waals surface area contributed by atoms with E-state index in [0.717, 1.165) is 18.8 Å². The van der Waals surface area contributed by atoms with Gasteiger partial charge >= 0.3 is 0 Å². The number of allylic oxidation sites excluding steroid dienone is 1. The van der Waals surface area contributed by atoms with Crippen LogP contribution in [0.3, 0.4) is 0 Å². The number of nitrogens with zero attached hydrogens (tertiary/aromatic N) is 1. The van der Waals surface area contributed by atoms with Crippen molar-refractivity contribution in [1.29, 1.82) is 0 Å². The van der Waals surface area contributed by atoms with Gasteiger partial charge in [-0.2, -0.15) is 0 Å². The van der Waals surface area contributed by atoms with Gasteiger partial charge in [0.15, 0.2) is 5.76 Å². The standard InChI is InChI=1S/C15H19NO3/c1-3-19-12(2)15(17)13-6-4-5-7-14(13)16-8-10-18-11-9-16/h4-7H,2-3,8-11H2,1H3. The minimum Gasteiger partial charge on any atom is -0.490 e. The van der Waals surface area contributed by atoms with Crippen molar-refractivity contribution < 1.29 is 14.3 Å². The number of carbonyl (C=O) groups excluding carboxylic acids is 1. The molecule has 1 aromatic carbocycles. The summed E-state index contributed by atoms with van der Waals surface area (Å²) in [5, 5.41) is 0. The minimum absolute atomic E-state index is 0.149. The van der Waals surface area contributed by atoms with Gasteiger partial charge in [-0.15, -0.1) is 0 Å². The number of hydrogen-bond donors (Lipinski definition) is 0. The summed E-state index contributed by atoms with van der Waals surface area (Å²) in [5.41, 5.74) is 1.57. The Balaban J connectivity index is 2.24. The van der Waals surface area contributed by atoms with E-state index in [1.807, 2.05) is 31.2 Å². The fourth-order valence-electron chi connectivity index (χ4n) is 2.14. The molecule has 1 heterocycles. The second-order valence-electron chi connectivity index (χ2n) is 4.30. The van der Waals surface area contributed by atoms with E-state index in [9.17, 15) is 4.79 Å². The van der Waals surface area contributed by atoms with Gasteiger partial charge in [0.05, 0.1) is 19.8 Å². The maximum absolute atomic E-state index is 12.3. The van der Waals surface area contributed by atoms with E-state index in [1.165, 1.54) is 0 Å². The van der Waals surface area contributed by atoms with Gasteiger partial charge in [0.1, 0.15) is 0 Å². The lowest BCUT2D eigenvalue weighted by Crippen LogP contribution is -2.37. The van der Waals surface area contributed by atoms with Gasteiger partial charge in [0.25, 0.3) is 0 Å². The Labute approximate surface area is 113 Å². The lowest BCUT2D eigenvalue weighted by atomic mass is 10.1. The van der Waals surface area contributed by atoms with Crippen molar-refractivity contribution in [2.75, 3.05) is 37.8 Å². The number of benzene rings is 1. The molecule has 4 nitrogen and oxygen atoms in total. The third kappa shape index (κ3) is 3.15. The molecule has 0 N–H and O–H groups in total. The predicted molar refractivity (Wildman–Crippen MR) is 74.6 cm³/mol. The van der Waals surface area contributed by atoms with Gasteiger partial charge < -0.3 is 14.4 Å². The maximum atomic E-state index is 12.3. The van der Waals surface area contributed by atoms with Gasteiger partial charge in [-0.05, 0) is 19.1 Å². The molecule has 0 aromatic heterocycles. The lowest BCUT2D eigenvalue weighted by Gasteiger charge is -2.30. The van der Waals surface area contributed by atoms with Crippen molar-refractivity contribution in [1.82, 2.24) is 0 Å². The number of carbonyl (C=O) groups is 1. The smallest absolute Gasteiger partial charge is 0.228 e. The summed E-state index contributed by atoms with van der Waals surface area (Å²) >= 11 is 0. The molecule has 2 rings (SSSR count). The third-order valence-electron chi connectivity index (χ3n) is 3.07. The van der Waals surface area contributed by atoms with Crippen molar-refractivity contribution in [2.45, 2.75) is 6.92 Å². The van der Waals surface area contributed by atoms with E-state index in [4.69, 9.17) is 9.47 Å². The number of ether oxygens (including phenoxy) is 2. The summed E-state index contributed by atoms with van der Waals surface area (Å²) in [7, 11) is 0. The molecule has 0 unspecified atom stereocenters. The van der Waals surface area contributed by atoms with Crippen LogP contribution in [-0.4, -0.2) is 38.7 Å². The summed E-state index contributed by atoms with van der Waals surface area (Å²) < 4.78 is 10.6. The van der Waals surface area contributed by atoms with E-state index in [1.54, 1.807) is 0 Å². The van der Waals surface area contributed by atoms with E-state index in [0.29, 0.717) is 25.4 Å². The van der Waals surface area contributed by atoms with E-state index >= 15 is 0 Å². The van der Waals surface area contributed by atoms with E-state index in [-0.39, 0.29) is 11.5 Å². The van der Waals surface area contributed by atoms with Crippen molar-refractivity contribution in [3.05, 3.63) is 42.2 Å². The van der Waals surface area contributed by atoms with Crippen molar-refractivity contribution in [3.63, 3.8) is 0 Å². The molecule has 0 radical (unpaired) electrons. The molecule has 102 valence electrons. The molecule has 19 heavy (non-hydrogen) atoms. The lowest BCUT2D eigenvalue weighted by molar-refractivity contribution is 0.0928. The van der Waals surface area contributed by atoms with Crippen molar-refractivity contribution >= 4 is 11.5 Å². The largest absolute Gasteiger partial charge is 0.490 e. The first-order valence-electron chi connectivity index (χ1n) is 6.52. The van der Waals surface area contributed by atoms with Crippen LogP contribution in [0.1, 0.15) is 17.3 Å². The van der Waals surface area contributed by atoms with Gasteiger partial charge in [0, 0.05) is 24.3 Å². The Morgan fingerprint density at radius 2 is 2.05 bits per heavy atom. The molecule has 1 aliphatic rings. The molecule has 4 heteroatoms. The Kier molecular flexibility index (Phi) is 4.58. The zero-order valence-electron chi connectivity index (χ0n) is 11.2. The average Bonchev–Trinajstić information content (AvgIpc) is 2.47. The van der Waals surface area contributed by atoms with Crippen LogP contribution in [0.15, 0.2) is 36.6 Å². The van der Waals surface area contributed by atoms with Crippen LogP contribution in [-0.2, 0) is 9.47 Å². The number of morpholine rings is 1. The number of para-hydroxylation sites is 1. The minimum atomic E-state index is -0.149. The van der Waals surface area contributed by atoms with Gasteiger partial charge in [0.2, 0.25) is 5.78 Å². The summed E-state index contributed by atoms with van der Waals surface area (Å²) in [6.45, 7) is 8.95. The number of ketones is 1. The molecule has 1 aromatic rings. The number of hydrogen-bond acceptors (Lipinski definition) is 4. The highest BCUT2D eigenvalue weighted by Gasteiger charge is 2.20. The Morgan fingerprint density at radius 3 is 2.74 bits per heavy atom. The molecule has 1 fully saturated rings. The Bertz CT molecular complexity index is 464. The topological polar surface area (TPSA) is 38.8 Å². The third-order valence-corrected chi connectivity index (χ3v) is 3.07. The van der Waals surface area contributed by atoms with E-state index < -0.39 is 0 Å². The molecular weight excluding hydrogens is 242 g/mol. The summed E-state index contributed by atoms with van der Waals surface area (Å²) in [6.07, 6.45) is 0. The second kappa shape index (κ2) is 6.38. The highest BCUT2D eigenvalue weighted by Crippen LogP contribution is 2.23. The first-order valence-corrected chi connectivity index (χ1v) is 6.52. The SMILES string of the molecule is C=C(OCC)C(=O)c1ccccc1N1CCOCC1. The summed E-state index contributed by atoms with van der Waals surface area (Å²) in [5.74, 6) is 0.0483. The highest BCUT2D eigenvalue weighted by atomic mass is 16.5. The number of rotatable bonds is 5. The Hall–Kier alpha value is -1.81. The van der Waals surface area contributed by atoms with Crippen LogP contribution in [0.4, 0.5) is 5.69 Å².